The Labute approximate surface area is 138 Å². The van der Waals surface area contributed by atoms with Crippen molar-refractivity contribution in [3.8, 4) is 0 Å². The fourth-order valence-corrected chi connectivity index (χ4v) is 3.03. The van der Waals surface area contributed by atoms with E-state index >= 15 is 0 Å². The van der Waals surface area contributed by atoms with Crippen molar-refractivity contribution in [2.45, 2.75) is 12.7 Å². The molecule has 6 heteroatoms. The van der Waals surface area contributed by atoms with Crippen LogP contribution in [0.15, 0.2) is 48.5 Å². The van der Waals surface area contributed by atoms with Crippen molar-refractivity contribution in [3.05, 3.63) is 65.5 Å². The molecule has 0 spiro atoms. The van der Waals surface area contributed by atoms with Crippen LogP contribution in [-0.2, 0) is 12.7 Å². The molecule has 0 atom stereocenters. The highest BCUT2D eigenvalue weighted by Crippen LogP contribution is 2.36. The van der Waals surface area contributed by atoms with Gasteiger partial charge in [-0.2, -0.15) is 13.2 Å². The Bertz CT molecular complexity index is 691. The van der Waals surface area contributed by atoms with Crippen LogP contribution in [0.5, 0.6) is 0 Å². The van der Waals surface area contributed by atoms with Crippen molar-refractivity contribution < 1.29 is 17.6 Å². The van der Waals surface area contributed by atoms with E-state index < -0.39 is 11.7 Å². The van der Waals surface area contributed by atoms with E-state index in [0.29, 0.717) is 32.7 Å². The standard InChI is InChI=1S/C18H18F4N2/c19-15-5-3-4-14(12-15)13-23-8-10-24(11-9-23)17-7-2-1-6-16(17)18(20,21)22/h1-7,12H,8-11,13H2. The second-order valence-electron chi connectivity index (χ2n) is 5.91. The van der Waals surface area contributed by atoms with Crippen LogP contribution < -0.4 is 4.90 Å². The first kappa shape index (κ1) is 16.8. The number of halogens is 4. The summed E-state index contributed by atoms with van der Waals surface area (Å²) in [4.78, 5) is 3.90. The van der Waals surface area contributed by atoms with Crippen LogP contribution >= 0.6 is 0 Å². The van der Waals surface area contributed by atoms with Crippen LogP contribution in [0.3, 0.4) is 0 Å². The minimum Gasteiger partial charge on any atom is -0.368 e. The first-order chi connectivity index (χ1) is 11.4. The average molecular weight is 338 g/mol. The van der Waals surface area contributed by atoms with Crippen LogP contribution in [0, 0.1) is 5.82 Å². The number of nitrogens with zero attached hydrogens (tertiary/aromatic N) is 2. The van der Waals surface area contributed by atoms with Gasteiger partial charge in [0.05, 0.1) is 5.56 Å². The van der Waals surface area contributed by atoms with Crippen LogP contribution in [-0.4, -0.2) is 31.1 Å². The number of anilines is 1. The summed E-state index contributed by atoms with van der Waals surface area (Å²) in [5.74, 6) is -0.273. The Hall–Kier alpha value is -2.08. The summed E-state index contributed by atoms with van der Waals surface area (Å²) < 4.78 is 52.6. The molecule has 0 radical (unpaired) electrons. The molecule has 0 aromatic heterocycles. The normalized spacial score (nSPS) is 16.4. The topological polar surface area (TPSA) is 6.48 Å². The van der Waals surface area contributed by atoms with Gasteiger partial charge in [-0.3, -0.25) is 4.90 Å². The summed E-state index contributed by atoms with van der Waals surface area (Å²) in [6, 6.07) is 12.1. The zero-order chi connectivity index (χ0) is 17.2. The van der Waals surface area contributed by atoms with Gasteiger partial charge in [0.25, 0.3) is 0 Å². The highest BCUT2D eigenvalue weighted by atomic mass is 19.4. The third-order valence-corrected chi connectivity index (χ3v) is 4.22. The molecule has 2 nitrogen and oxygen atoms in total. The molecule has 1 aliphatic rings. The molecule has 1 fully saturated rings. The molecule has 0 unspecified atom stereocenters. The molecule has 0 aliphatic carbocycles. The summed E-state index contributed by atoms with van der Waals surface area (Å²) >= 11 is 0. The van der Waals surface area contributed by atoms with Crippen molar-refractivity contribution in [2.24, 2.45) is 0 Å². The Balaban J connectivity index is 1.66. The first-order valence-corrected chi connectivity index (χ1v) is 7.81. The fourth-order valence-electron chi connectivity index (χ4n) is 3.03. The van der Waals surface area contributed by atoms with Crippen LogP contribution in [0.25, 0.3) is 0 Å². The summed E-state index contributed by atoms with van der Waals surface area (Å²) in [6.45, 7) is 2.92. The van der Waals surface area contributed by atoms with Crippen LogP contribution in [0.2, 0.25) is 0 Å². The molecule has 24 heavy (non-hydrogen) atoms. The molecule has 0 N–H and O–H groups in total. The highest BCUT2D eigenvalue weighted by molar-refractivity contribution is 5.55. The number of alkyl halides is 3. The summed E-state index contributed by atoms with van der Waals surface area (Å²) in [6.07, 6.45) is -4.35. The van der Waals surface area contributed by atoms with Gasteiger partial charge in [0.2, 0.25) is 0 Å². The number of rotatable bonds is 3. The maximum absolute atomic E-state index is 13.2. The van der Waals surface area contributed by atoms with E-state index in [2.05, 4.69) is 4.90 Å². The molecule has 128 valence electrons. The van der Waals surface area contributed by atoms with Crippen LogP contribution in [0.1, 0.15) is 11.1 Å². The fraction of sp³-hybridized carbons (Fsp3) is 0.333. The largest absolute Gasteiger partial charge is 0.418 e. The second-order valence-corrected chi connectivity index (χ2v) is 5.91. The Morgan fingerprint density at radius 1 is 0.875 bits per heavy atom. The monoisotopic (exact) mass is 338 g/mol. The van der Waals surface area contributed by atoms with Crippen molar-refractivity contribution >= 4 is 5.69 Å². The zero-order valence-electron chi connectivity index (χ0n) is 13.1. The number of benzene rings is 2. The van der Waals surface area contributed by atoms with Gasteiger partial charge in [-0.1, -0.05) is 24.3 Å². The van der Waals surface area contributed by atoms with Gasteiger partial charge in [-0.05, 0) is 29.8 Å². The van der Waals surface area contributed by atoms with Crippen LogP contribution in [0.4, 0.5) is 23.2 Å². The van der Waals surface area contributed by atoms with Crippen molar-refractivity contribution in [1.82, 2.24) is 4.90 Å². The van der Waals surface area contributed by atoms with E-state index in [1.54, 1.807) is 17.0 Å². The predicted octanol–water partition coefficient (Wildman–Crippen LogP) is 4.17. The van der Waals surface area contributed by atoms with Crippen molar-refractivity contribution in [3.63, 3.8) is 0 Å². The summed E-state index contributed by atoms with van der Waals surface area (Å²) in [5, 5.41) is 0. The average Bonchev–Trinajstić information content (AvgIpc) is 2.55. The van der Waals surface area contributed by atoms with Gasteiger partial charge in [0.15, 0.2) is 0 Å². The molecule has 2 aromatic rings. The number of hydrogen-bond donors (Lipinski definition) is 0. The third kappa shape index (κ3) is 3.87. The summed E-state index contributed by atoms with van der Waals surface area (Å²) in [7, 11) is 0. The lowest BCUT2D eigenvalue weighted by Gasteiger charge is -2.37. The molecule has 1 heterocycles. The molecule has 0 bridgehead atoms. The van der Waals surface area contributed by atoms with E-state index in [0.717, 1.165) is 11.6 Å². The summed E-state index contributed by atoms with van der Waals surface area (Å²) in [5.41, 5.74) is 0.512. The van der Waals surface area contributed by atoms with Gasteiger partial charge in [-0.15, -0.1) is 0 Å². The molecule has 1 saturated heterocycles. The molecular weight excluding hydrogens is 320 g/mol. The predicted molar refractivity (Wildman–Crippen MR) is 85.3 cm³/mol. The maximum atomic E-state index is 13.2. The first-order valence-electron chi connectivity index (χ1n) is 7.81. The van der Waals surface area contributed by atoms with E-state index in [9.17, 15) is 17.6 Å². The molecular formula is C18H18F4N2. The van der Waals surface area contributed by atoms with Crippen molar-refractivity contribution in [2.75, 3.05) is 31.1 Å². The van der Waals surface area contributed by atoms with E-state index in [1.165, 1.54) is 24.3 Å². The van der Waals surface area contributed by atoms with Gasteiger partial charge in [0, 0.05) is 38.4 Å². The van der Waals surface area contributed by atoms with Gasteiger partial charge >= 0.3 is 6.18 Å². The molecule has 1 aliphatic heterocycles. The number of hydrogen-bond acceptors (Lipinski definition) is 2. The Morgan fingerprint density at radius 3 is 2.25 bits per heavy atom. The number of para-hydroxylation sites is 1. The molecule has 0 amide bonds. The zero-order valence-corrected chi connectivity index (χ0v) is 13.1. The smallest absolute Gasteiger partial charge is 0.368 e. The molecule has 3 rings (SSSR count). The van der Waals surface area contributed by atoms with E-state index in [1.807, 2.05) is 6.07 Å². The van der Waals surface area contributed by atoms with Crippen molar-refractivity contribution in [1.29, 1.82) is 0 Å². The van der Waals surface area contributed by atoms with Gasteiger partial charge < -0.3 is 4.90 Å². The lowest BCUT2D eigenvalue weighted by molar-refractivity contribution is -0.137. The van der Waals surface area contributed by atoms with Gasteiger partial charge in [-0.25, -0.2) is 4.39 Å². The van der Waals surface area contributed by atoms with Gasteiger partial charge in [0.1, 0.15) is 5.82 Å². The Kier molecular flexibility index (Phi) is 4.76. The molecule has 0 saturated carbocycles. The SMILES string of the molecule is Fc1cccc(CN2CCN(c3ccccc3C(F)(F)F)CC2)c1. The Morgan fingerprint density at radius 2 is 1.58 bits per heavy atom. The molecule has 2 aromatic carbocycles. The van der Waals surface area contributed by atoms with E-state index in [-0.39, 0.29) is 11.5 Å². The highest BCUT2D eigenvalue weighted by Gasteiger charge is 2.35. The maximum Gasteiger partial charge on any atom is 0.418 e. The number of piperazine rings is 1. The van der Waals surface area contributed by atoms with E-state index in [4.69, 9.17) is 0 Å². The quantitative estimate of drug-likeness (QED) is 0.775. The minimum atomic E-state index is -4.35. The third-order valence-electron chi connectivity index (χ3n) is 4.22. The lowest BCUT2D eigenvalue weighted by Crippen LogP contribution is -2.46. The second kappa shape index (κ2) is 6.81. The minimum absolute atomic E-state index is 0.232. The lowest BCUT2D eigenvalue weighted by atomic mass is 10.1.